The lowest BCUT2D eigenvalue weighted by Gasteiger charge is -2.23. The molecule has 5 heteroatoms. The summed E-state index contributed by atoms with van der Waals surface area (Å²) in [6, 6.07) is 16.2. The first-order valence-electron chi connectivity index (χ1n) is 8.01. The van der Waals surface area contributed by atoms with Gasteiger partial charge in [-0.05, 0) is 31.2 Å². The fourth-order valence-corrected chi connectivity index (χ4v) is 2.57. The zero-order valence-electron chi connectivity index (χ0n) is 14.1. The van der Waals surface area contributed by atoms with Crippen LogP contribution in [-0.4, -0.2) is 30.7 Å². The Kier molecular flexibility index (Phi) is 4.84. The van der Waals surface area contributed by atoms with Gasteiger partial charge in [0.15, 0.2) is 12.9 Å². The second kappa shape index (κ2) is 7.21. The number of furan rings is 1. The minimum absolute atomic E-state index is 0.147. The molecular weight excluding hydrogens is 318 g/mol. The number of rotatable bonds is 6. The molecule has 3 aromatic rings. The number of carbonyl (C=O) groups is 2. The van der Waals surface area contributed by atoms with Crippen molar-refractivity contribution in [3.63, 3.8) is 0 Å². The number of aldehydes is 1. The molecule has 1 unspecified atom stereocenters. The molecule has 0 spiro atoms. The van der Waals surface area contributed by atoms with Gasteiger partial charge in [0.1, 0.15) is 17.1 Å². The molecule has 1 heterocycles. The zero-order valence-corrected chi connectivity index (χ0v) is 14.1. The maximum absolute atomic E-state index is 12.4. The van der Waals surface area contributed by atoms with Crippen molar-refractivity contribution in [2.24, 2.45) is 0 Å². The SMILES string of the molecule is CC(c1cc2ccccc2o1)N(C)C(=O)COc1ccccc1C=O. The molecule has 0 saturated carbocycles. The second-order valence-corrected chi connectivity index (χ2v) is 5.81. The van der Waals surface area contributed by atoms with Crippen LogP contribution in [0, 0.1) is 0 Å². The number of amides is 1. The molecule has 25 heavy (non-hydrogen) atoms. The van der Waals surface area contributed by atoms with Crippen molar-refractivity contribution in [1.29, 1.82) is 0 Å². The Morgan fingerprint density at radius 2 is 1.92 bits per heavy atom. The van der Waals surface area contributed by atoms with Crippen LogP contribution >= 0.6 is 0 Å². The van der Waals surface area contributed by atoms with Crippen molar-refractivity contribution in [3.8, 4) is 5.75 Å². The number of nitrogens with zero attached hydrogens (tertiary/aromatic N) is 1. The predicted octanol–water partition coefficient (Wildman–Crippen LogP) is 3.84. The van der Waals surface area contributed by atoms with E-state index in [1.54, 1.807) is 36.2 Å². The van der Waals surface area contributed by atoms with Gasteiger partial charge in [-0.3, -0.25) is 9.59 Å². The first-order valence-corrected chi connectivity index (χ1v) is 8.01. The lowest BCUT2D eigenvalue weighted by Crippen LogP contribution is -2.33. The molecule has 1 amide bonds. The van der Waals surface area contributed by atoms with Crippen molar-refractivity contribution in [2.75, 3.05) is 13.7 Å². The highest BCUT2D eigenvalue weighted by Gasteiger charge is 2.21. The van der Waals surface area contributed by atoms with Gasteiger partial charge in [-0.2, -0.15) is 0 Å². The number of ether oxygens (including phenoxy) is 1. The van der Waals surface area contributed by atoms with Crippen LogP contribution in [0.4, 0.5) is 0 Å². The molecule has 128 valence electrons. The van der Waals surface area contributed by atoms with E-state index >= 15 is 0 Å². The van der Waals surface area contributed by atoms with E-state index in [4.69, 9.17) is 9.15 Å². The van der Waals surface area contributed by atoms with E-state index < -0.39 is 0 Å². The Morgan fingerprint density at radius 1 is 1.20 bits per heavy atom. The summed E-state index contributed by atoms with van der Waals surface area (Å²) in [5.41, 5.74) is 1.21. The van der Waals surface area contributed by atoms with Crippen LogP contribution in [0.3, 0.4) is 0 Å². The quantitative estimate of drug-likeness (QED) is 0.641. The van der Waals surface area contributed by atoms with Crippen molar-refractivity contribution in [2.45, 2.75) is 13.0 Å². The summed E-state index contributed by atoms with van der Waals surface area (Å²) >= 11 is 0. The first kappa shape index (κ1) is 16.8. The number of fused-ring (bicyclic) bond motifs is 1. The van der Waals surface area contributed by atoms with E-state index in [0.29, 0.717) is 23.4 Å². The first-order chi connectivity index (χ1) is 12.1. The molecule has 0 aliphatic carbocycles. The molecule has 5 nitrogen and oxygen atoms in total. The Balaban J connectivity index is 1.68. The van der Waals surface area contributed by atoms with Gasteiger partial charge in [0.25, 0.3) is 5.91 Å². The Hall–Kier alpha value is -3.08. The number of likely N-dealkylation sites (N-methyl/N-ethyl adjacent to an activating group) is 1. The summed E-state index contributed by atoms with van der Waals surface area (Å²) in [5.74, 6) is 0.912. The van der Waals surface area contributed by atoms with E-state index in [1.807, 2.05) is 37.3 Å². The Morgan fingerprint density at radius 3 is 2.68 bits per heavy atom. The summed E-state index contributed by atoms with van der Waals surface area (Å²) < 4.78 is 11.3. The average Bonchev–Trinajstić information content (AvgIpc) is 3.09. The maximum atomic E-state index is 12.4. The second-order valence-electron chi connectivity index (χ2n) is 5.81. The molecule has 3 rings (SSSR count). The summed E-state index contributed by atoms with van der Waals surface area (Å²) in [4.78, 5) is 25.0. The van der Waals surface area contributed by atoms with Crippen LogP contribution in [0.5, 0.6) is 5.75 Å². The molecule has 0 bridgehead atoms. The fourth-order valence-electron chi connectivity index (χ4n) is 2.57. The number of para-hydroxylation sites is 2. The van der Waals surface area contributed by atoms with Gasteiger partial charge in [0.2, 0.25) is 0 Å². The maximum Gasteiger partial charge on any atom is 0.260 e. The molecule has 0 aliphatic heterocycles. The van der Waals surface area contributed by atoms with Gasteiger partial charge in [0.05, 0.1) is 11.6 Å². The normalized spacial score (nSPS) is 11.9. The van der Waals surface area contributed by atoms with Crippen molar-refractivity contribution in [3.05, 3.63) is 65.9 Å². The van der Waals surface area contributed by atoms with Gasteiger partial charge in [-0.25, -0.2) is 0 Å². The van der Waals surface area contributed by atoms with Crippen LogP contribution in [0.1, 0.15) is 29.1 Å². The minimum atomic E-state index is -0.232. The van der Waals surface area contributed by atoms with Crippen LogP contribution in [0.2, 0.25) is 0 Å². The summed E-state index contributed by atoms with van der Waals surface area (Å²) in [6.45, 7) is 1.75. The molecular formula is C20H19NO4. The molecule has 0 fully saturated rings. The molecule has 1 atom stereocenters. The fraction of sp³-hybridized carbons (Fsp3) is 0.200. The average molecular weight is 337 g/mol. The van der Waals surface area contributed by atoms with Gasteiger partial charge in [-0.15, -0.1) is 0 Å². The molecule has 0 N–H and O–H groups in total. The molecule has 0 saturated heterocycles. The standard InChI is InChI=1S/C20H19NO4/c1-14(19-11-15-7-3-6-10-18(15)25-19)21(2)20(23)13-24-17-9-5-4-8-16(17)12-22/h3-12,14H,13H2,1-2H3. The van der Waals surface area contributed by atoms with E-state index in [-0.39, 0.29) is 18.6 Å². The third-order valence-electron chi connectivity index (χ3n) is 4.23. The van der Waals surface area contributed by atoms with Gasteiger partial charge >= 0.3 is 0 Å². The summed E-state index contributed by atoms with van der Waals surface area (Å²) in [5, 5.41) is 1.00. The summed E-state index contributed by atoms with van der Waals surface area (Å²) in [7, 11) is 1.70. The monoisotopic (exact) mass is 337 g/mol. The number of carbonyl (C=O) groups excluding carboxylic acids is 2. The topological polar surface area (TPSA) is 59.8 Å². The van der Waals surface area contributed by atoms with Crippen LogP contribution in [-0.2, 0) is 4.79 Å². The Labute approximate surface area is 145 Å². The molecule has 0 radical (unpaired) electrons. The number of hydrogen-bond donors (Lipinski definition) is 0. The lowest BCUT2D eigenvalue weighted by molar-refractivity contribution is -0.134. The molecule has 0 aliphatic rings. The number of hydrogen-bond acceptors (Lipinski definition) is 4. The third kappa shape index (κ3) is 3.55. The minimum Gasteiger partial charge on any atom is -0.483 e. The van der Waals surface area contributed by atoms with Crippen LogP contribution in [0.15, 0.2) is 59.0 Å². The Bertz CT molecular complexity index is 866. The third-order valence-corrected chi connectivity index (χ3v) is 4.23. The number of benzene rings is 2. The smallest absolute Gasteiger partial charge is 0.260 e. The predicted molar refractivity (Wildman–Crippen MR) is 94.7 cm³/mol. The molecule has 1 aromatic heterocycles. The van der Waals surface area contributed by atoms with Crippen LogP contribution < -0.4 is 4.74 Å². The highest BCUT2D eigenvalue weighted by atomic mass is 16.5. The lowest BCUT2D eigenvalue weighted by atomic mass is 10.2. The molecule has 2 aromatic carbocycles. The largest absolute Gasteiger partial charge is 0.483 e. The highest BCUT2D eigenvalue weighted by Crippen LogP contribution is 2.26. The van der Waals surface area contributed by atoms with Gasteiger partial charge in [-0.1, -0.05) is 30.3 Å². The van der Waals surface area contributed by atoms with E-state index in [9.17, 15) is 9.59 Å². The van der Waals surface area contributed by atoms with E-state index in [2.05, 4.69) is 0 Å². The van der Waals surface area contributed by atoms with E-state index in [1.165, 1.54) is 0 Å². The van der Waals surface area contributed by atoms with Crippen LogP contribution in [0.25, 0.3) is 11.0 Å². The van der Waals surface area contributed by atoms with Crippen molar-refractivity contribution >= 4 is 23.2 Å². The zero-order chi connectivity index (χ0) is 17.8. The van der Waals surface area contributed by atoms with Crippen molar-refractivity contribution < 1.29 is 18.7 Å². The van der Waals surface area contributed by atoms with Crippen molar-refractivity contribution in [1.82, 2.24) is 4.90 Å². The van der Waals surface area contributed by atoms with Gasteiger partial charge in [0, 0.05) is 12.4 Å². The van der Waals surface area contributed by atoms with Gasteiger partial charge < -0.3 is 14.1 Å². The highest BCUT2D eigenvalue weighted by molar-refractivity contribution is 5.81. The summed E-state index contributed by atoms with van der Waals surface area (Å²) in [6.07, 6.45) is 0.709. The van der Waals surface area contributed by atoms with E-state index in [0.717, 1.165) is 11.0 Å².